The molecular formula is C23H27NO7. The molecule has 0 saturated heterocycles. The fourth-order valence-electron chi connectivity index (χ4n) is 5.06. The Balaban J connectivity index is 1.66. The monoisotopic (exact) mass is 429 g/mol. The van der Waals surface area contributed by atoms with Crippen molar-refractivity contribution in [3.8, 4) is 28.7 Å². The molecule has 0 spiro atoms. The van der Waals surface area contributed by atoms with Gasteiger partial charge in [0.2, 0.25) is 12.5 Å². The summed E-state index contributed by atoms with van der Waals surface area (Å²) in [5, 5.41) is 9.76. The summed E-state index contributed by atoms with van der Waals surface area (Å²) in [4.78, 5) is 2.25. The van der Waals surface area contributed by atoms with Crippen molar-refractivity contribution in [3.63, 3.8) is 0 Å². The lowest BCUT2D eigenvalue weighted by molar-refractivity contribution is -0.0178. The molecule has 3 aliphatic rings. The SMILES string of the molecule is COc1ccc2c(c1OC)CO[C@@H]2[C@H]1c2c(cc3c(c2OC)OCO3)CCN1CCO. The molecule has 2 atom stereocenters. The van der Waals surface area contributed by atoms with E-state index in [0.717, 1.165) is 35.2 Å². The summed E-state index contributed by atoms with van der Waals surface area (Å²) in [5.41, 5.74) is 4.22. The second-order valence-electron chi connectivity index (χ2n) is 7.77. The molecular weight excluding hydrogens is 402 g/mol. The second kappa shape index (κ2) is 8.11. The molecule has 8 nitrogen and oxygen atoms in total. The highest BCUT2D eigenvalue weighted by Crippen LogP contribution is 2.55. The van der Waals surface area contributed by atoms with E-state index in [1.165, 1.54) is 0 Å². The summed E-state index contributed by atoms with van der Waals surface area (Å²) < 4.78 is 34.7. The third kappa shape index (κ3) is 3.09. The van der Waals surface area contributed by atoms with E-state index in [4.69, 9.17) is 28.4 Å². The zero-order chi connectivity index (χ0) is 21.5. The van der Waals surface area contributed by atoms with Gasteiger partial charge in [-0.15, -0.1) is 0 Å². The van der Waals surface area contributed by atoms with Crippen molar-refractivity contribution in [3.05, 3.63) is 40.5 Å². The summed E-state index contributed by atoms with van der Waals surface area (Å²) in [6, 6.07) is 5.85. The van der Waals surface area contributed by atoms with E-state index in [-0.39, 0.29) is 25.5 Å². The molecule has 0 amide bonds. The van der Waals surface area contributed by atoms with Crippen molar-refractivity contribution in [2.75, 3.05) is 47.8 Å². The molecule has 0 saturated carbocycles. The lowest BCUT2D eigenvalue weighted by Crippen LogP contribution is -2.40. The summed E-state index contributed by atoms with van der Waals surface area (Å²) >= 11 is 0. The zero-order valence-corrected chi connectivity index (χ0v) is 18.0. The van der Waals surface area contributed by atoms with E-state index in [2.05, 4.69) is 4.90 Å². The number of fused-ring (bicyclic) bond motifs is 3. The van der Waals surface area contributed by atoms with Gasteiger partial charge in [-0.25, -0.2) is 0 Å². The fourth-order valence-corrected chi connectivity index (χ4v) is 5.06. The quantitative estimate of drug-likeness (QED) is 0.751. The van der Waals surface area contributed by atoms with Gasteiger partial charge < -0.3 is 33.5 Å². The van der Waals surface area contributed by atoms with Crippen LogP contribution in [-0.4, -0.2) is 57.8 Å². The predicted molar refractivity (Wildman–Crippen MR) is 111 cm³/mol. The molecule has 166 valence electrons. The topological polar surface area (TPSA) is 78.9 Å². The third-order valence-corrected chi connectivity index (χ3v) is 6.38. The number of nitrogens with zero attached hydrogens (tertiary/aromatic N) is 1. The summed E-state index contributed by atoms with van der Waals surface area (Å²) in [6.45, 7) is 1.99. The number of aliphatic hydroxyl groups excluding tert-OH is 1. The lowest BCUT2D eigenvalue weighted by Gasteiger charge is -2.40. The second-order valence-corrected chi connectivity index (χ2v) is 7.77. The molecule has 3 heterocycles. The first-order valence-corrected chi connectivity index (χ1v) is 10.4. The Morgan fingerprint density at radius 1 is 1.10 bits per heavy atom. The Morgan fingerprint density at radius 2 is 1.94 bits per heavy atom. The number of benzene rings is 2. The molecule has 8 heteroatoms. The minimum Gasteiger partial charge on any atom is -0.493 e. The van der Waals surface area contributed by atoms with Gasteiger partial charge in [0, 0.05) is 24.2 Å². The Morgan fingerprint density at radius 3 is 2.68 bits per heavy atom. The van der Waals surface area contributed by atoms with Crippen LogP contribution in [-0.2, 0) is 17.8 Å². The molecule has 3 aliphatic heterocycles. The van der Waals surface area contributed by atoms with Gasteiger partial charge in [0.05, 0.1) is 40.6 Å². The molecule has 0 unspecified atom stereocenters. The maximum absolute atomic E-state index is 9.76. The average Bonchev–Trinajstić information content (AvgIpc) is 3.43. The maximum atomic E-state index is 9.76. The molecule has 0 radical (unpaired) electrons. The first kappa shape index (κ1) is 20.2. The molecule has 0 fully saturated rings. The molecule has 0 bridgehead atoms. The van der Waals surface area contributed by atoms with Crippen LogP contribution in [0.25, 0.3) is 0 Å². The minimum atomic E-state index is -0.255. The average molecular weight is 429 g/mol. The highest BCUT2D eigenvalue weighted by molar-refractivity contribution is 5.63. The van der Waals surface area contributed by atoms with Crippen molar-refractivity contribution in [2.24, 2.45) is 0 Å². The third-order valence-electron chi connectivity index (χ3n) is 6.38. The van der Waals surface area contributed by atoms with Gasteiger partial charge in [-0.1, -0.05) is 6.07 Å². The van der Waals surface area contributed by atoms with Crippen molar-refractivity contribution in [1.29, 1.82) is 0 Å². The summed E-state index contributed by atoms with van der Waals surface area (Å²) in [5.74, 6) is 3.40. The highest BCUT2D eigenvalue weighted by atomic mass is 16.7. The van der Waals surface area contributed by atoms with Crippen LogP contribution >= 0.6 is 0 Å². The number of aliphatic hydroxyl groups is 1. The number of hydrogen-bond donors (Lipinski definition) is 1. The lowest BCUT2D eigenvalue weighted by atomic mass is 9.85. The fraction of sp³-hybridized carbons (Fsp3) is 0.478. The number of methoxy groups -OCH3 is 3. The van der Waals surface area contributed by atoms with Crippen LogP contribution in [0.15, 0.2) is 18.2 Å². The van der Waals surface area contributed by atoms with E-state index < -0.39 is 0 Å². The molecule has 2 aromatic carbocycles. The van der Waals surface area contributed by atoms with Crippen molar-refractivity contribution in [1.82, 2.24) is 4.90 Å². The van der Waals surface area contributed by atoms with Crippen LogP contribution in [0.4, 0.5) is 0 Å². The van der Waals surface area contributed by atoms with E-state index in [0.29, 0.717) is 41.9 Å². The van der Waals surface area contributed by atoms with Crippen molar-refractivity contribution < 1.29 is 33.5 Å². The predicted octanol–water partition coefficient (Wildman–Crippen LogP) is 2.60. The largest absolute Gasteiger partial charge is 0.493 e. The first-order valence-electron chi connectivity index (χ1n) is 10.4. The molecule has 31 heavy (non-hydrogen) atoms. The van der Waals surface area contributed by atoms with Gasteiger partial charge in [-0.05, 0) is 29.7 Å². The standard InChI is InChI=1S/C23H27NO7/c1-26-16-5-4-14-15(20(16)27-2)11-29-21(14)19-18-13(6-7-24(19)8-9-25)10-17-22(23(18)28-3)31-12-30-17/h4-5,10,19,21,25H,6-9,11-12H2,1-3H3/t19-,21+/m1/s1. The van der Waals surface area contributed by atoms with Gasteiger partial charge in [0.25, 0.3) is 0 Å². The Labute approximate surface area is 181 Å². The van der Waals surface area contributed by atoms with Crippen LogP contribution in [0.5, 0.6) is 28.7 Å². The smallest absolute Gasteiger partial charge is 0.231 e. The van der Waals surface area contributed by atoms with E-state index in [9.17, 15) is 5.11 Å². The van der Waals surface area contributed by atoms with Gasteiger partial charge in [-0.2, -0.15) is 0 Å². The summed E-state index contributed by atoms with van der Waals surface area (Å²) in [6.07, 6.45) is 0.569. The molecule has 5 rings (SSSR count). The van der Waals surface area contributed by atoms with E-state index in [1.54, 1.807) is 21.3 Å². The summed E-state index contributed by atoms with van der Waals surface area (Å²) in [7, 11) is 4.92. The number of β-amino-alcohol motifs (C(OH)–C–C–N with tert-alkyl or cyclic N) is 1. The first-order chi connectivity index (χ1) is 15.2. The van der Waals surface area contributed by atoms with Crippen LogP contribution in [0.1, 0.15) is 34.4 Å². The molecule has 0 aliphatic carbocycles. The van der Waals surface area contributed by atoms with Gasteiger partial charge in [0.15, 0.2) is 23.0 Å². The Bertz CT molecular complexity index is 993. The van der Waals surface area contributed by atoms with Gasteiger partial charge >= 0.3 is 0 Å². The Hall–Kier alpha value is -2.68. The molecule has 0 aromatic heterocycles. The van der Waals surface area contributed by atoms with Gasteiger partial charge in [-0.3, -0.25) is 4.90 Å². The van der Waals surface area contributed by atoms with E-state index in [1.807, 2.05) is 18.2 Å². The van der Waals surface area contributed by atoms with Crippen LogP contribution in [0.2, 0.25) is 0 Å². The highest BCUT2D eigenvalue weighted by Gasteiger charge is 2.43. The van der Waals surface area contributed by atoms with Crippen molar-refractivity contribution in [2.45, 2.75) is 25.2 Å². The molecule has 1 N–H and O–H groups in total. The van der Waals surface area contributed by atoms with Crippen molar-refractivity contribution >= 4 is 0 Å². The minimum absolute atomic E-state index is 0.0597. The van der Waals surface area contributed by atoms with E-state index >= 15 is 0 Å². The molecule has 2 aromatic rings. The van der Waals surface area contributed by atoms with Crippen LogP contribution in [0, 0.1) is 0 Å². The maximum Gasteiger partial charge on any atom is 0.231 e. The number of hydrogen-bond acceptors (Lipinski definition) is 8. The normalized spacial score (nSPS) is 21.5. The number of rotatable bonds is 6. The van der Waals surface area contributed by atoms with Crippen LogP contribution in [0.3, 0.4) is 0 Å². The zero-order valence-electron chi connectivity index (χ0n) is 18.0. The number of ether oxygens (including phenoxy) is 6. The van der Waals surface area contributed by atoms with Gasteiger partial charge in [0.1, 0.15) is 6.10 Å². The Kier molecular flexibility index (Phi) is 5.29. The van der Waals surface area contributed by atoms with Crippen LogP contribution < -0.4 is 23.7 Å².